The molecule has 0 fully saturated rings. The minimum absolute atomic E-state index is 0.609. The van der Waals surface area contributed by atoms with E-state index in [4.69, 9.17) is 5.73 Å². The van der Waals surface area contributed by atoms with E-state index >= 15 is 0 Å². The van der Waals surface area contributed by atoms with Crippen molar-refractivity contribution >= 4 is 0 Å². The molecule has 1 aromatic rings. The Morgan fingerprint density at radius 1 is 1.56 bits per heavy atom. The third-order valence-corrected chi connectivity index (χ3v) is 1.23. The highest BCUT2D eigenvalue weighted by atomic mass is 14.5. The average Bonchev–Trinajstić information content (AvgIpc) is 1.88. The van der Waals surface area contributed by atoms with E-state index in [-0.39, 0.29) is 0 Å². The van der Waals surface area contributed by atoms with Crippen LogP contribution in [-0.4, -0.2) is 0 Å². The van der Waals surface area contributed by atoms with Gasteiger partial charge in [-0.05, 0) is 24.6 Å². The molecule has 1 heteroatoms. The summed E-state index contributed by atoms with van der Waals surface area (Å²) < 4.78 is 0. The first-order chi connectivity index (χ1) is 4.33. The topological polar surface area (TPSA) is 26.0 Å². The van der Waals surface area contributed by atoms with E-state index in [1.165, 1.54) is 5.56 Å². The molecule has 0 unspecified atom stereocenters. The van der Waals surface area contributed by atoms with Gasteiger partial charge in [0.15, 0.2) is 0 Å². The lowest BCUT2D eigenvalue weighted by atomic mass is 10.1. The van der Waals surface area contributed by atoms with Crippen LogP contribution in [0.1, 0.15) is 11.1 Å². The van der Waals surface area contributed by atoms with Crippen LogP contribution in [0.2, 0.25) is 0 Å². The van der Waals surface area contributed by atoms with Crippen LogP contribution in [0.25, 0.3) is 0 Å². The molecular formula is C8H10N. The van der Waals surface area contributed by atoms with E-state index in [0.717, 1.165) is 5.56 Å². The van der Waals surface area contributed by atoms with Crippen LogP contribution in [0.3, 0.4) is 0 Å². The standard InChI is InChI=1S/C8H10N/c1-7-3-2-4-8(5-7)6-9/h3-5H,6,9H2,1H3. The largest absolute Gasteiger partial charge is 0.326 e. The highest BCUT2D eigenvalue weighted by Gasteiger charge is 1.86. The Kier molecular flexibility index (Phi) is 1.85. The molecule has 0 heterocycles. The van der Waals surface area contributed by atoms with Gasteiger partial charge < -0.3 is 5.73 Å². The van der Waals surface area contributed by atoms with Crippen LogP contribution in [0.15, 0.2) is 18.2 Å². The lowest BCUT2D eigenvalue weighted by Gasteiger charge is -1.94. The minimum atomic E-state index is 0.609. The molecule has 0 saturated carbocycles. The van der Waals surface area contributed by atoms with E-state index in [0.29, 0.717) is 6.54 Å². The van der Waals surface area contributed by atoms with E-state index < -0.39 is 0 Å². The molecule has 0 saturated heterocycles. The molecule has 1 radical (unpaired) electrons. The van der Waals surface area contributed by atoms with Crippen LogP contribution in [0, 0.1) is 13.0 Å². The van der Waals surface area contributed by atoms with Gasteiger partial charge in [0, 0.05) is 6.54 Å². The van der Waals surface area contributed by atoms with Crippen molar-refractivity contribution < 1.29 is 0 Å². The van der Waals surface area contributed by atoms with Crippen molar-refractivity contribution in [3.05, 3.63) is 35.4 Å². The maximum absolute atomic E-state index is 5.40. The predicted octanol–water partition coefficient (Wildman–Crippen LogP) is 1.25. The fraction of sp³-hybridized carbons (Fsp3) is 0.250. The molecule has 0 aliphatic carbocycles. The zero-order valence-corrected chi connectivity index (χ0v) is 5.52. The van der Waals surface area contributed by atoms with Gasteiger partial charge in [0.2, 0.25) is 0 Å². The van der Waals surface area contributed by atoms with Gasteiger partial charge in [0.05, 0.1) is 0 Å². The summed E-state index contributed by atoms with van der Waals surface area (Å²) in [4.78, 5) is 0. The Labute approximate surface area is 55.5 Å². The molecule has 2 N–H and O–H groups in total. The monoisotopic (exact) mass is 120 g/mol. The molecule has 0 spiro atoms. The van der Waals surface area contributed by atoms with E-state index in [2.05, 4.69) is 12.1 Å². The van der Waals surface area contributed by atoms with Gasteiger partial charge in [-0.2, -0.15) is 0 Å². The molecule has 0 aromatic heterocycles. The molecule has 0 aliphatic heterocycles. The van der Waals surface area contributed by atoms with Gasteiger partial charge in [-0.1, -0.05) is 17.7 Å². The molecule has 0 amide bonds. The van der Waals surface area contributed by atoms with Gasteiger partial charge in [-0.25, -0.2) is 0 Å². The fourth-order valence-corrected chi connectivity index (χ4v) is 0.774. The number of hydrogen-bond donors (Lipinski definition) is 1. The smallest absolute Gasteiger partial charge is 0.0178 e. The summed E-state index contributed by atoms with van der Waals surface area (Å²) in [6, 6.07) is 8.92. The van der Waals surface area contributed by atoms with Gasteiger partial charge in [0.25, 0.3) is 0 Å². The van der Waals surface area contributed by atoms with Crippen LogP contribution in [0.5, 0.6) is 0 Å². The number of rotatable bonds is 1. The maximum Gasteiger partial charge on any atom is 0.0178 e. The summed E-state index contributed by atoms with van der Waals surface area (Å²) in [5.74, 6) is 0. The van der Waals surface area contributed by atoms with Gasteiger partial charge >= 0.3 is 0 Å². The summed E-state index contributed by atoms with van der Waals surface area (Å²) in [6.45, 7) is 2.65. The maximum atomic E-state index is 5.40. The summed E-state index contributed by atoms with van der Waals surface area (Å²) in [7, 11) is 0. The van der Waals surface area contributed by atoms with Crippen LogP contribution in [0.4, 0.5) is 0 Å². The highest BCUT2D eigenvalue weighted by Crippen LogP contribution is 2.00. The third kappa shape index (κ3) is 1.54. The minimum Gasteiger partial charge on any atom is -0.326 e. The molecule has 1 rings (SSSR count). The molecule has 0 aliphatic rings. The van der Waals surface area contributed by atoms with Crippen molar-refractivity contribution in [3.63, 3.8) is 0 Å². The van der Waals surface area contributed by atoms with Crippen LogP contribution >= 0.6 is 0 Å². The first kappa shape index (κ1) is 6.30. The predicted molar refractivity (Wildman–Crippen MR) is 37.9 cm³/mol. The van der Waals surface area contributed by atoms with Crippen LogP contribution in [-0.2, 0) is 6.54 Å². The molecule has 0 atom stereocenters. The van der Waals surface area contributed by atoms with Crippen molar-refractivity contribution in [3.8, 4) is 0 Å². The number of aryl methyl sites for hydroxylation is 1. The zero-order valence-electron chi connectivity index (χ0n) is 5.52. The Morgan fingerprint density at radius 3 is 2.78 bits per heavy atom. The number of benzene rings is 1. The summed E-state index contributed by atoms with van der Waals surface area (Å²) in [6.07, 6.45) is 0. The molecule has 47 valence electrons. The quantitative estimate of drug-likeness (QED) is 0.593. The first-order valence-corrected chi connectivity index (χ1v) is 2.99. The molecule has 0 bridgehead atoms. The van der Waals surface area contributed by atoms with Gasteiger partial charge in [-0.3, -0.25) is 0 Å². The van der Waals surface area contributed by atoms with Crippen molar-refractivity contribution in [1.82, 2.24) is 0 Å². The summed E-state index contributed by atoms with van der Waals surface area (Å²) in [5.41, 5.74) is 7.77. The Morgan fingerprint density at radius 2 is 2.33 bits per heavy atom. The van der Waals surface area contributed by atoms with Gasteiger partial charge in [-0.15, -0.1) is 0 Å². The highest BCUT2D eigenvalue weighted by molar-refractivity contribution is 5.20. The normalized spacial score (nSPS) is 9.56. The molecule has 1 nitrogen and oxygen atoms in total. The van der Waals surface area contributed by atoms with E-state index in [1.54, 1.807) is 0 Å². The van der Waals surface area contributed by atoms with Crippen LogP contribution < -0.4 is 5.73 Å². The second-order valence-electron chi connectivity index (χ2n) is 2.12. The van der Waals surface area contributed by atoms with Crippen molar-refractivity contribution in [2.24, 2.45) is 5.73 Å². The van der Waals surface area contributed by atoms with E-state index in [1.807, 2.05) is 19.1 Å². The van der Waals surface area contributed by atoms with E-state index in [9.17, 15) is 0 Å². The lowest BCUT2D eigenvalue weighted by Crippen LogP contribution is -1.95. The first-order valence-electron chi connectivity index (χ1n) is 2.99. The number of nitrogens with two attached hydrogens (primary N) is 1. The van der Waals surface area contributed by atoms with Crippen molar-refractivity contribution in [2.75, 3.05) is 0 Å². The zero-order chi connectivity index (χ0) is 6.69. The average molecular weight is 120 g/mol. The SMILES string of the molecule is Cc1c[c]cc(CN)c1. The lowest BCUT2D eigenvalue weighted by molar-refractivity contribution is 1.07. The van der Waals surface area contributed by atoms with Crippen molar-refractivity contribution in [2.45, 2.75) is 13.5 Å². The second-order valence-corrected chi connectivity index (χ2v) is 2.12. The molecular weight excluding hydrogens is 110 g/mol. The number of hydrogen-bond acceptors (Lipinski definition) is 1. The van der Waals surface area contributed by atoms with Gasteiger partial charge in [0.1, 0.15) is 0 Å². The Balaban J connectivity index is 2.94. The summed E-state index contributed by atoms with van der Waals surface area (Å²) >= 11 is 0. The second kappa shape index (κ2) is 2.65. The molecule has 1 aromatic carbocycles. The van der Waals surface area contributed by atoms with Crippen molar-refractivity contribution in [1.29, 1.82) is 0 Å². The Hall–Kier alpha value is -0.820. The third-order valence-electron chi connectivity index (χ3n) is 1.23. The fourth-order valence-electron chi connectivity index (χ4n) is 0.774. The molecule has 9 heavy (non-hydrogen) atoms. The summed E-state index contributed by atoms with van der Waals surface area (Å²) in [5, 5.41) is 0. The Bertz CT molecular complexity index is 194.